The van der Waals surface area contributed by atoms with Crippen molar-refractivity contribution in [2.75, 3.05) is 6.79 Å². The summed E-state index contributed by atoms with van der Waals surface area (Å²) in [5, 5.41) is 0. The zero-order chi connectivity index (χ0) is 11.2. The van der Waals surface area contributed by atoms with E-state index in [4.69, 9.17) is 9.47 Å². The van der Waals surface area contributed by atoms with Gasteiger partial charge < -0.3 is 9.47 Å². The standard InChI is InChI=1S/C13H18O3/c1-2-15-8-16-13-5-9-3-10(6-13)12(14)11(4-9)7-13/h2,9-11H,1,3-8H2. The maximum atomic E-state index is 11.9. The van der Waals surface area contributed by atoms with Crippen LogP contribution in [0.2, 0.25) is 0 Å². The smallest absolute Gasteiger partial charge is 0.188 e. The molecule has 3 nitrogen and oxygen atoms in total. The molecule has 0 N–H and O–H groups in total. The fourth-order valence-corrected chi connectivity index (χ4v) is 4.06. The molecule has 4 fully saturated rings. The maximum absolute atomic E-state index is 11.9. The van der Waals surface area contributed by atoms with Crippen molar-refractivity contribution in [1.29, 1.82) is 0 Å². The van der Waals surface area contributed by atoms with Crippen LogP contribution in [-0.2, 0) is 14.3 Å². The molecule has 0 radical (unpaired) electrons. The fourth-order valence-electron chi connectivity index (χ4n) is 4.06. The summed E-state index contributed by atoms with van der Waals surface area (Å²) < 4.78 is 10.9. The van der Waals surface area contributed by atoms with Gasteiger partial charge in [0.1, 0.15) is 5.78 Å². The normalized spacial score (nSPS) is 44.8. The molecule has 0 saturated heterocycles. The summed E-state index contributed by atoms with van der Waals surface area (Å²) in [7, 11) is 0. The van der Waals surface area contributed by atoms with Gasteiger partial charge in [-0.3, -0.25) is 4.79 Å². The van der Waals surface area contributed by atoms with Crippen molar-refractivity contribution in [3.63, 3.8) is 0 Å². The average Bonchev–Trinajstić information content (AvgIpc) is 2.25. The third-order valence-corrected chi connectivity index (χ3v) is 4.49. The lowest BCUT2D eigenvalue weighted by molar-refractivity contribution is -0.198. The van der Waals surface area contributed by atoms with Crippen LogP contribution in [0.15, 0.2) is 12.8 Å². The number of carbonyl (C=O) groups is 1. The molecule has 4 saturated carbocycles. The zero-order valence-electron chi connectivity index (χ0n) is 9.48. The second-order valence-electron chi connectivity index (χ2n) is 5.52. The number of hydrogen-bond donors (Lipinski definition) is 0. The maximum Gasteiger partial charge on any atom is 0.188 e. The lowest BCUT2D eigenvalue weighted by atomic mass is 9.53. The molecule has 0 aromatic carbocycles. The molecule has 4 aliphatic carbocycles. The lowest BCUT2D eigenvalue weighted by Gasteiger charge is -2.54. The van der Waals surface area contributed by atoms with Crippen LogP contribution in [0.3, 0.4) is 0 Å². The topological polar surface area (TPSA) is 35.5 Å². The second-order valence-corrected chi connectivity index (χ2v) is 5.52. The minimum atomic E-state index is -0.0621. The van der Waals surface area contributed by atoms with Gasteiger partial charge in [0.15, 0.2) is 6.79 Å². The predicted octanol–water partition coefficient (Wildman–Crippen LogP) is 2.27. The first kappa shape index (κ1) is 10.3. The van der Waals surface area contributed by atoms with E-state index < -0.39 is 0 Å². The van der Waals surface area contributed by atoms with E-state index in [-0.39, 0.29) is 24.2 Å². The van der Waals surface area contributed by atoms with E-state index in [0.29, 0.717) is 11.7 Å². The monoisotopic (exact) mass is 222 g/mol. The van der Waals surface area contributed by atoms with Crippen LogP contribution in [-0.4, -0.2) is 18.2 Å². The van der Waals surface area contributed by atoms with Gasteiger partial charge in [-0.1, -0.05) is 6.58 Å². The van der Waals surface area contributed by atoms with E-state index in [9.17, 15) is 4.79 Å². The number of hydrogen-bond acceptors (Lipinski definition) is 3. The number of rotatable bonds is 4. The summed E-state index contributed by atoms with van der Waals surface area (Å²) in [5.74, 6) is 1.75. The fraction of sp³-hybridized carbons (Fsp3) is 0.769. The summed E-state index contributed by atoms with van der Waals surface area (Å²) in [5.41, 5.74) is -0.0621. The van der Waals surface area contributed by atoms with Gasteiger partial charge in [-0.15, -0.1) is 0 Å². The predicted molar refractivity (Wildman–Crippen MR) is 58.5 cm³/mol. The van der Waals surface area contributed by atoms with Crippen molar-refractivity contribution < 1.29 is 14.3 Å². The molecule has 0 spiro atoms. The molecule has 2 atom stereocenters. The highest BCUT2D eigenvalue weighted by Crippen LogP contribution is 2.55. The summed E-state index contributed by atoms with van der Waals surface area (Å²) in [6, 6.07) is 0. The van der Waals surface area contributed by atoms with Gasteiger partial charge in [-0.05, 0) is 38.0 Å². The number of carbonyl (C=O) groups excluding carboxylic acids is 1. The Morgan fingerprint density at radius 1 is 1.31 bits per heavy atom. The first-order valence-corrected chi connectivity index (χ1v) is 6.13. The van der Waals surface area contributed by atoms with Gasteiger partial charge in [-0.25, -0.2) is 0 Å². The molecule has 4 rings (SSSR count). The largest absolute Gasteiger partial charge is 0.476 e. The van der Waals surface area contributed by atoms with Gasteiger partial charge in [0.05, 0.1) is 11.9 Å². The van der Waals surface area contributed by atoms with Crippen LogP contribution in [0.1, 0.15) is 32.1 Å². The molecule has 88 valence electrons. The molecule has 4 aliphatic rings. The van der Waals surface area contributed by atoms with Crippen LogP contribution in [0.4, 0.5) is 0 Å². The number of Topliss-reactive ketones (excluding diaryl/α,β-unsaturated/α-hetero) is 1. The Hall–Kier alpha value is -0.830. The van der Waals surface area contributed by atoms with Crippen LogP contribution < -0.4 is 0 Å². The molecule has 0 aliphatic heterocycles. The number of ketones is 1. The van der Waals surface area contributed by atoms with Gasteiger partial charge in [0, 0.05) is 11.8 Å². The van der Waals surface area contributed by atoms with Crippen molar-refractivity contribution in [3.8, 4) is 0 Å². The van der Waals surface area contributed by atoms with E-state index in [1.54, 1.807) is 0 Å². The average molecular weight is 222 g/mol. The molecular formula is C13H18O3. The van der Waals surface area contributed by atoms with E-state index in [1.165, 1.54) is 6.26 Å². The Kier molecular flexibility index (Phi) is 2.32. The molecule has 0 aromatic heterocycles. The van der Waals surface area contributed by atoms with Crippen molar-refractivity contribution in [1.82, 2.24) is 0 Å². The minimum absolute atomic E-state index is 0.0621. The van der Waals surface area contributed by atoms with E-state index in [2.05, 4.69) is 6.58 Å². The molecule has 4 bridgehead atoms. The Balaban J connectivity index is 1.73. The third kappa shape index (κ3) is 1.49. The second kappa shape index (κ2) is 3.59. The molecule has 3 heteroatoms. The van der Waals surface area contributed by atoms with E-state index in [0.717, 1.165) is 32.1 Å². The first-order valence-electron chi connectivity index (χ1n) is 6.13. The van der Waals surface area contributed by atoms with Gasteiger partial charge >= 0.3 is 0 Å². The highest BCUT2D eigenvalue weighted by Gasteiger charge is 2.55. The Bertz CT molecular complexity index is 305. The highest BCUT2D eigenvalue weighted by atomic mass is 16.7. The quantitative estimate of drug-likeness (QED) is 0.416. The Morgan fingerprint density at radius 3 is 2.62 bits per heavy atom. The van der Waals surface area contributed by atoms with Crippen LogP contribution in [0.5, 0.6) is 0 Å². The summed E-state index contributed by atoms with van der Waals surface area (Å²) in [6.07, 6.45) is 6.56. The van der Waals surface area contributed by atoms with Crippen LogP contribution in [0, 0.1) is 17.8 Å². The molecule has 0 amide bonds. The first-order chi connectivity index (χ1) is 7.72. The van der Waals surface area contributed by atoms with Crippen molar-refractivity contribution in [2.24, 2.45) is 17.8 Å². The molecule has 16 heavy (non-hydrogen) atoms. The van der Waals surface area contributed by atoms with E-state index in [1.807, 2.05) is 0 Å². The van der Waals surface area contributed by atoms with Gasteiger partial charge in [0.2, 0.25) is 0 Å². The molecule has 0 aromatic rings. The SMILES string of the molecule is C=COCOC12CC3CC(C1)C(=O)C(C3)C2. The minimum Gasteiger partial charge on any atom is -0.476 e. The van der Waals surface area contributed by atoms with Crippen LogP contribution >= 0.6 is 0 Å². The van der Waals surface area contributed by atoms with Crippen molar-refractivity contribution >= 4 is 5.78 Å². The van der Waals surface area contributed by atoms with Crippen LogP contribution in [0.25, 0.3) is 0 Å². The van der Waals surface area contributed by atoms with Gasteiger partial charge in [-0.2, -0.15) is 0 Å². The lowest BCUT2D eigenvalue weighted by Crippen LogP contribution is -2.56. The van der Waals surface area contributed by atoms with E-state index >= 15 is 0 Å². The highest BCUT2D eigenvalue weighted by molar-refractivity contribution is 5.85. The summed E-state index contributed by atoms with van der Waals surface area (Å²) in [6.45, 7) is 3.78. The third-order valence-electron chi connectivity index (χ3n) is 4.49. The molecule has 0 heterocycles. The summed E-state index contributed by atoms with van der Waals surface area (Å²) >= 11 is 0. The molecular weight excluding hydrogens is 204 g/mol. The summed E-state index contributed by atoms with van der Waals surface area (Å²) in [4.78, 5) is 11.9. The zero-order valence-corrected chi connectivity index (χ0v) is 9.48. The number of ether oxygens (including phenoxy) is 2. The van der Waals surface area contributed by atoms with Crippen molar-refractivity contribution in [3.05, 3.63) is 12.8 Å². The molecule has 2 unspecified atom stereocenters. The van der Waals surface area contributed by atoms with Crippen molar-refractivity contribution in [2.45, 2.75) is 37.7 Å². The Morgan fingerprint density at radius 2 is 2.00 bits per heavy atom. The van der Waals surface area contributed by atoms with Gasteiger partial charge in [0.25, 0.3) is 0 Å². The Labute approximate surface area is 95.8 Å².